The fourth-order valence-electron chi connectivity index (χ4n) is 4.60. The molecule has 0 aliphatic carbocycles. The molecule has 12 nitrogen and oxygen atoms in total. The molecule has 0 atom stereocenters. The highest BCUT2D eigenvalue weighted by molar-refractivity contribution is 6.17. The van der Waals surface area contributed by atoms with Crippen molar-refractivity contribution in [1.29, 1.82) is 0 Å². The number of hydrogen-bond donors (Lipinski definition) is 0. The molecule has 0 fully saturated rings. The molecular formula is C38H34O12. The van der Waals surface area contributed by atoms with Gasteiger partial charge in [-0.1, -0.05) is 74.5 Å². The lowest BCUT2D eigenvalue weighted by Crippen LogP contribution is -2.18. The number of esters is 2. The van der Waals surface area contributed by atoms with Crippen molar-refractivity contribution in [2.45, 2.75) is 39.5 Å². The highest BCUT2D eigenvalue weighted by Crippen LogP contribution is 2.26. The van der Waals surface area contributed by atoms with E-state index in [0.29, 0.717) is 12.8 Å². The van der Waals surface area contributed by atoms with Crippen molar-refractivity contribution < 1.29 is 57.5 Å². The summed E-state index contributed by atoms with van der Waals surface area (Å²) in [4.78, 5) is 86.6. The molecule has 4 aromatic rings. The largest absolute Gasteiger partial charge is 0.457 e. The van der Waals surface area contributed by atoms with Crippen molar-refractivity contribution in [3.63, 3.8) is 0 Å². The number of para-hydroxylation sites is 2. The molecule has 0 amide bonds. The SMILES string of the molecule is CCCC(=O)OCOc1ccccc1C(=O)c1ccccc1C(=O)OOC(=O)c1ccccc1C(=O)c1ccccc1OCOC(=O)CCC. The van der Waals surface area contributed by atoms with Crippen LogP contribution in [-0.2, 0) is 28.8 Å². The number of hydrogen-bond acceptors (Lipinski definition) is 12. The Morgan fingerprint density at radius 3 is 1.12 bits per heavy atom. The third-order valence-corrected chi connectivity index (χ3v) is 7.02. The summed E-state index contributed by atoms with van der Waals surface area (Å²) in [6.45, 7) is 2.82. The van der Waals surface area contributed by atoms with Crippen LogP contribution >= 0.6 is 0 Å². The van der Waals surface area contributed by atoms with Crippen molar-refractivity contribution in [3.8, 4) is 11.5 Å². The van der Waals surface area contributed by atoms with Gasteiger partial charge < -0.3 is 18.9 Å². The van der Waals surface area contributed by atoms with Gasteiger partial charge in [0.25, 0.3) is 0 Å². The van der Waals surface area contributed by atoms with Gasteiger partial charge in [-0.3, -0.25) is 19.2 Å². The number of carbonyl (C=O) groups is 6. The highest BCUT2D eigenvalue weighted by atomic mass is 17.2. The van der Waals surface area contributed by atoms with E-state index in [0.717, 1.165) is 0 Å². The molecule has 4 rings (SSSR count). The van der Waals surface area contributed by atoms with E-state index in [-0.39, 0.29) is 57.7 Å². The van der Waals surface area contributed by atoms with Crippen LogP contribution in [0.3, 0.4) is 0 Å². The molecule has 50 heavy (non-hydrogen) atoms. The summed E-state index contributed by atoms with van der Waals surface area (Å²) < 4.78 is 21.1. The van der Waals surface area contributed by atoms with Gasteiger partial charge in [0.1, 0.15) is 11.5 Å². The zero-order valence-corrected chi connectivity index (χ0v) is 27.4. The number of benzene rings is 4. The van der Waals surface area contributed by atoms with Crippen LogP contribution in [0.5, 0.6) is 11.5 Å². The topological polar surface area (TPSA) is 158 Å². The summed E-state index contributed by atoms with van der Waals surface area (Å²) in [5.74, 6) is -4.22. The zero-order chi connectivity index (χ0) is 35.9. The molecule has 0 aliphatic heterocycles. The van der Waals surface area contributed by atoms with Crippen molar-refractivity contribution in [2.75, 3.05) is 13.6 Å². The number of rotatable bonds is 16. The van der Waals surface area contributed by atoms with Gasteiger partial charge in [-0.15, -0.1) is 0 Å². The van der Waals surface area contributed by atoms with Crippen LogP contribution in [-0.4, -0.2) is 49.0 Å². The van der Waals surface area contributed by atoms with E-state index in [4.69, 9.17) is 28.7 Å². The number of ketones is 2. The van der Waals surface area contributed by atoms with Crippen molar-refractivity contribution in [2.24, 2.45) is 0 Å². The van der Waals surface area contributed by atoms with Crippen LogP contribution in [0, 0.1) is 0 Å². The Bertz CT molecular complexity index is 1730. The van der Waals surface area contributed by atoms with Crippen molar-refractivity contribution in [1.82, 2.24) is 0 Å². The van der Waals surface area contributed by atoms with E-state index in [1.807, 2.05) is 13.8 Å². The van der Waals surface area contributed by atoms with Gasteiger partial charge in [-0.05, 0) is 49.2 Å². The molecule has 12 heteroatoms. The fraction of sp³-hybridized carbons (Fsp3) is 0.211. The Hall–Kier alpha value is -6.30. The zero-order valence-electron chi connectivity index (χ0n) is 27.4. The summed E-state index contributed by atoms with van der Waals surface area (Å²) in [5.41, 5.74) is -0.450. The van der Waals surface area contributed by atoms with Gasteiger partial charge in [0.15, 0.2) is 11.6 Å². The third kappa shape index (κ3) is 9.63. The fourth-order valence-corrected chi connectivity index (χ4v) is 4.60. The van der Waals surface area contributed by atoms with E-state index >= 15 is 0 Å². The lowest BCUT2D eigenvalue weighted by Gasteiger charge is -2.13. The summed E-state index contributed by atoms with van der Waals surface area (Å²) in [6, 6.07) is 23.8. The first kappa shape index (κ1) is 36.5. The molecule has 0 aliphatic rings. The van der Waals surface area contributed by atoms with E-state index in [1.165, 1.54) is 72.8 Å². The van der Waals surface area contributed by atoms with Crippen LogP contribution in [0.1, 0.15) is 92.1 Å². The van der Waals surface area contributed by atoms with Gasteiger partial charge in [0.05, 0.1) is 22.3 Å². The summed E-state index contributed by atoms with van der Waals surface area (Å²) in [7, 11) is 0. The smallest absolute Gasteiger partial charge is 0.387 e. The second-order valence-corrected chi connectivity index (χ2v) is 10.5. The predicted molar refractivity (Wildman–Crippen MR) is 176 cm³/mol. The normalized spacial score (nSPS) is 10.4. The van der Waals surface area contributed by atoms with Crippen LogP contribution < -0.4 is 9.47 Å². The highest BCUT2D eigenvalue weighted by Gasteiger charge is 2.26. The Morgan fingerprint density at radius 2 is 0.760 bits per heavy atom. The average Bonchev–Trinajstić information content (AvgIpc) is 3.13. The van der Waals surface area contributed by atoms with E-state index in [2.05, 4.69) is 0 Å². The number of carbonyl (C=O) groups excluding carboxylic acids is 6. The maximum atomic E-state index is 13.6. The predicted octanol–water partition coefficient (Wildman–Crippen LogP) is 6.44. The first-order valence-electron chi connectivity index (χ1n) is 15.7. The molecule has 4 aromatic carbocycles. The molecule has 0 bridgehead atoms. The second-order valence-electron chi connectivity index (χ2n) is 10.5. The van der Waals surface area contributed by atoms with E-state index in [1.54, 1.807) is 24.3 Å². The van der Waals surface area contributed by atoms with Crippen LogP contribution in [0.25, 0.3) is 0 Å². The Morgan fingerprint density at radius 1 is 0.440 bits per heavy atom. The minimum absolute atomic E-state index is 0.0760. The summed E-state index contributed by atoms with van der Waals surface area (Å²) in [5, 5.41) is 0. The maximum absolute atomic E-state index is 13.6. The van der Waals surface area contributed by atoms with Crippen molar-refractivity contribution in [3.05, 3.63) is 130 Å². The van der Waals surface area contributed by atoms with Gasteiger partial charge in [-0.2, -0.15) is 0 Å². The molecule has 0 radical (unpaired) electrons. The van der Waals surface area contributed by atoms with Crippen LogP contribution in [0.2, 0.25) is 0 Å². The van der Waals surface area contributed by atoms with Gasteiger partial charge >= 0.3 is 23.9 Å². The van der Waals surface area contributed by atoms with Gasteiger partial charge in [0, 0.05) is 24.0 Å². The summed E-state index contributed by atoms with van der Waals surface area (Å²) >= 11 is 0. The molecule has 0 unspecified atom stereocenters. The molecule has 0 N–H and O–H groups in total. The van der Waals surface area contributed by atoms with Crippen LogP contribution in [0.15, 0.2) is 97.1 Å². The minimum atomic E-state index is -1.16. The molecule has 0 spiro atoms. The Kier molecular flexibility index (Phi) is 13.4. The standard InChI is InChI=1S/C38H34O12/c1-3-13-33(39)47-23-45-31-21-11-9-19-29(31)35(41)25-15-5-7-17-27(25)37(43)49-50-38(44)28-18-8-6-16-26(28)36(42)30-20-10-12-22-32(30)46-24-48-34(40)14-4-2/h5-12,15-22H,3-4,13-14,23-24H2,1-2H3. The molecule has 258 valence electrons. The number of ether oxygens (including phenoxy) is 4. The average molecular weight is 683 g/mol. The quantitative estimate of drug-likeness (QED) is 0.0420. The monoisotopic (exact) mass is 682 g/mol. The van der Waals surface area contributed by atoms with E-state index < -0.39 is 49.0 Å². The molecular weight excluding hydrogens is 648 g/mol. The lowest BCUT2D eigenvalue weighted by molar-refractivity contribution is -0.187. The van der Waals surface area contributed by atoms with Crippen molar-refractivity contribution >= 4 is 35.4 Å². The van der Waals surface area contributed by atoms with Crippen LogP contribution in [0.4, 0.5) is 0 Å². The van der Waals surface area contributed by atoms with Gasteiger partial charge in [0.2, 0.25) is 13.6 Å². The van der Waals surface area contributed by atoms with Gasteiger partial charge in [-0.25, -0.2) is 19.4 Å². The first-order valence-corrected chi connectivity index (χ1v) is 15.7. The second kappa shape index (κ2) is 18.3. The van der Waals surface area contributed by atoms with E-state index in [9.17, 15) is 28.8 Å². The minimum Gasteiger partial charge on any atom is -0.457 e. The summed E-state index contributed by atoms with van der Waals surface area (Å²) in [6.07, 6.45) is 1.64. The maximum Gasteiger partial charge on any atom is 0.387 e. The molecule has 0 aromatic heterocycles. The molecule has 0 saturated carbocycles. The first-order chi connectivity index (χ1) is 24.2. The lowest BCUT2D eigenvalue weighted by atomic mass is 9.97. The molecule has 0 heterocycles. The third-order valence-electron chi connectivity index (χ3n) is 7.02. The Labute approximate surface area is 287 Å². The molecule has 0 saturated heterocycles. The Balaban J connectivity index is 1.47.